The molecule has 2 N–H and O–H groups in total. The number of esters is 1. The van der Waals surface area contributed by atoms with Gasteiger partial charge >= 0.3 is 17.9 Å². The molecule has 0 aliphatic heterocycles. The summed E-state index contributed by atoms with van der Waals surface area (Å²) in [7, 11) is 0. The van der Waals surface area contributed by atoms with Crippen molar-refractivity contribution in [1.82, 2.24) is 0 Å². The number of hydrogen-bond donors (Lipinski definition) is 2. The maximum atomic E-state index is 11.9. The van der Waals surface area contributed by atoms with E-state index in [1.165, 1.54) is 0 Å². The fourth-order valence-corrected chi connectivity index (χ4v) is 2.78. The first-order valence-corrected chi connectivity index (χ1v) is 6.96. The van der Waals surface area contributed by atoms with Gasteiger partial charge in [-0.25, -0.2) is 0 Å². The van der Waals surface area contributed by atoms with Gasteiger partial charge in [0, 0.05) is 0 Å². The summed E-state index contributed by atoms with van der Waals surface area (Å²) in [6, 6.07) is 0. The molecule has 1 rings (SSSR count). The van der Waals surface area contributed by atoms with Gasteiger partial charge in [-0.1, -0.05) is 6.42 Å². The molecule has 0 heterocycles. The van der Waals surface area contributed by atoms with E-state index in [0.717, 1.165) is 6.42 Å². The lowest BCUT2D eigenvalue weighted by Crippen LogP contribution is -2.33. The Morgan fingerprint density at radius 1 is 1.20 bits per heavy atom. The number of ether oxygens (including phenoxy) is 1. The van der Waals surface area contributed by atoms with E-state index in [2.05, 4.69) is 0 Å². The van der Waals surface area contributed by atoms with Crippen LogP contribution in [0.1, 0.15) is 46.0 Å². The molecule has 0 aromatic heterocycles. The zero-order valence-corrected chi connectivity index (χ0v) is 11.9. The minimum absolute atomic E-state index is 0.197. The van der Waals surface area contributed by atoms with Crippen molar-refractivity contribution in [3.63, 3.8) is 0 Å². The van der Waals surface area contributed by atoms with Crippen LogP contribution in [0.5, 0.6) is 0 Å². The number of rotatable bonds is 6. The van der Waals surface area contributed by atoms with E-state index in [-0.39, 0.29) is 23.9 Å². The van der Waals surface area contributed by atoms with Crippen molar-refractivity contribution < 1.29 is 29.3 Å². The van der Waals surface area contributed by atoms with Crippen LogP contribution in [0, 0.1) is 17.8 Å². The first-order chi connectivity index (χ1) is 9.31. The van der Waals surface area contributed by atoms with Crippen LogP contribution in [-0.2, 0) is 19.1 Å². The van der Waals surface area contributed by atoms with Gasteiger partial charge in [-0.05, 0) is 39.0 Å². The summed E-state index contributed by atoms with van der Waals surface area (Å²) in [6.45, 7) is 3.53. The van der Waals surface area contributed by atoms with Crippen molar-refractivity contribution in [1.29, 1.82) is 0 Å². The van der Waals surface area contributed by atoms with Crippen molar-refractivity contribution in [2.45, 2.75) is 52.1 Å². The minimum atomic E-state index is -1.12. The van der Waals surface area contributed by atoms with Gasteiger partial charge in [0.15, 0.2) is 0 Å². The topological polar surface area (TPSA) is 101 Å². The van der Waals surface area contributed by atoms with E-state index < -0.39 is 24.3 Å². The molecule has 0 spiro atoms. The van der Waals surface area contributed by atoms with Crippen molar-refractivity contribution in [3.05, 3.63) is 0 Å². The van der Waals surface area contributed by atoms with Crippen molar-refractivity contribution in [3.8, 4) is 0 Å². The molecule has 20 heavy (non-hydrogen) atoms. The lowest BCUT2D eigenvalue weighted by Gasteiger charge is -2.31. The zero-order chi connectivity index (χ0) is 15.3. The number of carbonyl (C=O) groups is 3. The molecule has 0 aromatic carbocycles. The predicted molar refractivity (Wildman–Crippen MR) is 70.1 cm³/mol. The molecule has 114 valence electrons. The summed E-state index contributed by atoms with van der Waals surface area (Å²) in [6.07, 6.45) is 1.86. The molecule has 1 fully saturated rings. The fraction of sp³-hybridized carbons (Fsp3) is 0.786. The molecule has 0 amide bonds. The van der Waals surface area contributed by atoms with Crippen molar-refractivity contribution >= 4 is 17.9 Å². The second-order valence-corrected chi connectivity index (χ2v) is 5.65. The standard InChI is InChI=1S/C14H22O6/c1-8(2)20-14(19)10-5-3-4-9(6-10)11(13(17)18)7-12(15)16/h8-11H,3-7H2,1-2H3,(H,15,16)(H,17,18)/t9?,10?,11-/m0/s1. The number of hydrogen-bond acceptors (Lipinski definition) is 4. The van der Waals surface area contributed by atoms with Gasteiger partial charge in [0.25, 0.3) is 0 Å². The summed E-state index contributed by atoms with van der Waals surface area (Å²) in [5.74, 6) is -4.04. The molecular weight excluding hydrogens is 264 g/mol. The summed E-state index contributed by atoms with van der Waals surface area (Å²) in [5.41, 5.74) is 0. The molecule has 1 saturated carbocycles. The van der Waals surface area contributed by atoms with Crippen LogP contribution >= 0.6 is 0 Å². The molecule has 0 saturated heterocycles. The lowest BCUT2D eigenvalue weighted by atomic mass is 9.74. The summed E-state index contributed by atoms with van der Waals surface area (Å²) >= 11 is 0. The van der Waals surface area contributed by atoms with Gasteiger partial charge in [-0.2, -0.15) is 0 Å². The Labute approximate surface area is 118 Å². The van der Waals surface area contributed by atoms with Crippen LogP contribution in [0.3, 0.4) is 0 Å². The van der Waals surface area contributed by atoms with Crippen molar-refractivity contribution in [2.75, 3.05) is 0 Å². The van der Waals surface area contributed by atoms with Crippen LogP contribution in [0.4, 0.5) is 0 Å². The van der Waals surface area contributed by atoms with Gasteiger partial charge in [0.05, 0.1) is 24.4 Å². The molecule has 6 nitrogen and oxygen atoms in total. The number of carboxylic acids is 2. The molecule has 0 bridgehead atoms. The Hall–Kier alpha value is -1.59. The van der Waals surface area contributed by atoms with E-state index in [1.54, 1.807) is 13.8 Å². The summed E-state index contributed by atoms with van der Waals surface area (Å²) in [4.78, 5) is 33.9. The third-order valence-corrected chi connectivity index (χ3v) is 3.68. The van der Waals surface area contributed by atoms with Crippen LogP contribution in [-0.4, -0.2) is 34.2 Å². The second kappa shape index (κ2) is 7.26. The summed E-state index contributed by atoms with van der Waals surface area (Å²) < 4.78 is 5.16. The first kappa shape index (κ1) is 16.5. The van der Waals surface area contributed by atoms with Crippen molar-refractivity contribution in [2.24, 2.45) is 17.8 Å². The zero-order valence-electron chi connectivity index (χ0n) is 11.9. The molecular formula is C14H22O6. The highest BCUT2D eigenvalue weighted by atomic mass is 16.5. The molecule has 3 atom stereocenters. The normalized spacial score (nSPS) is 24.1. The number of carboxylic acid groups (broad SMARTS) is 2. The van der Waals surface area contributed by atoms with Gasteiger partial charge in [-0.15, -0.1) is 0 Å². The Balaban J connectivity index is 2.68. The third kappa shape index (κ3) is 4.83. The van der Waals surface area contributed by atoms with Crippen LogP contribution in [0.25, 0.3) is 0 Å². The lowest BCUT2D eigenvalue weighted by molar-refractivity contribution is -0.157. The largest absolute Gasteiger partial charge is 0.481 e. The van der Waals surface area contributed by atoms with E-state index in [9.17, 15) is 14.4 Å². The Bertz CT molecular complexity index is 376. The van der Waals surface area contributed by atoms with Gasteiger partial charge < -0.3 is 14.9 Å². The SMILES string of the molecule is CC(C)OC(=O)C1CCCC([C@H](CC(=O)O)C(=O)O)C1. The number of aliphatic carboxylic acids is 2. The van der Waals surface area contributed by atoms with E-state index in [4.69, 9.17) is 14.9 Å². The highest BCUT2D eigenvalue weighted by Gasteiger charge is 2.37. The average molecular weight is 286 g/mol. The van der Waals surface area contributed by atoms with E-state index in [0.29, 0.717) is 19.3 Å². The fourth-order valence-electron chi connectivity index (χ4n) is 2.78. The van der Waals surface area contributed by atoms with Gasteiger partial charge in [0.1, 0.15) is 0 Å². The molecule has 6 heteroatoms. The van der Waals surface area contributed by atoms with Crippen LogP contribution in [0.2, 0.25) is 0 Å². The van der Waals surface area contributed by atoms with Crippen LogP contribution in [0.15, 0.2) is 0 Å². The monoisotopic (exact) mass is 286 g/mol. The Morgan fingerprint density at radius 3 is 2.35 bits per heavy atom. The molecule has 0 radical (unpaired) electrons. The maximum Gasteiger partial charge on any atom is 0.309 e. The average Bonchev–Trinajstić information content (AvgIpc) is 2.34. The molecule has 1 aliphatic rings. The second-order valence-electron chi connectivity index (χ2n) is 5.65. The highest BCUT2D eigenvalue weighted by Crippen LogP contribution is 2.36. The minimum Gasteiger partial charge on any atom is -0.481 e. The molecule has 1 aliphatic carbocycles. The molecule has 2 unspecified atom stereocenters. The molecule has 0 aromatic rings. The third-order valence-electron chi connectivity index (χ3n) is 3.68. The maximum absolute atomic E-state index is 11.9. The quantitative estimate of drug-likeness (QED) is 0.723. The highest BCUT2D eigenvalue weighted by molar-refractivity contribution is 5.78. The van der Waals surface area contributed by atoms with Gasteiger partial charge in [0.2, 0.25) is 0 Å². The Morgan fingerprint density at radius 2 is 1.85 bits per heavy atom. The first-order valence-electron chi connectivity index (χ1n) is 6.96. The summed E-state index contributed by atoms with van der Waals surface area (Å²) in [5, 5.41) is 18.0. The van der Waals surface area contributed by atoms with Gasteiger partial charge in [-0.3, -0.25) is 14.4 Å². The van der Waals surface area contributed by atoms with Crippen LogP contribution < -0.4 is 0 Å². The van der Waals surface area contributed by atoms with E-state index >= 15 is 0 Å². The smallest absolute Gasteiger partial charge is 0.309 e. The Kier molecular flexibility index (Phi) is 5.98. The number of carbonyl (C=O) groups excluding carboxylic acids is 1. The predicted octanol–water partition coefficient (Wildman–Crippen LogP) is 1.92. The van der Waals surface area contributed by atoms with E-state index in [1.807, 2.05) is 0 Å².